The Morgan fingerprint density at radius 1 is 1.67 bits per heavy atom. The number of sulfonamides is 1. The normalized spacial score (nSPS) is 34.3. The highest BCUT2D eigenvalue weighted by atomic mass is 32.2. The monoisotopic (exact) mass is 236 g/mol. The second kappa shape index (κ2) is 4.37. The van der Waals surface area contributed by atoms with E-state index in [1.807, 2.05) is 13.8 Å². The zero-order valence-electron chi connectivity index (χ0n) is 9.49. The maximum Gasteiger partial charge on any atom is 0.216 e. The number of rotatable bonds is 4. The van der Waals surface area contributed by atoms with Gasteiger partial charge in [-0.15, -0.1) is 0 Å². The molecule has 90 valence electrons. The molecule has 6 heteroatoms. The Labute approximate surface area is 91.4 Å². The predicted octanol–water partition coefficient (Wildman–Crippen LogP) is -0.179. The quantitative estimate of drug-likeness (QED) is 0.709. The Hall–Kier alpha value is -0.170. The summed E-state index contributed by atoms with van der Waals surface area (Å²) in [4.78, 5) is 0. The number of ether oxygens (including phenoxy) is 1. The lowest BCUT2D eigenvalue weighted by molar-refractivity contribution is 0.0956. The maximum atomic E-state index is 11.8. The van der Waals surface area contributed by atoms with E-state index in [1.165, 1.54) is 0 Å². The van der Waals surface area contributed by atoms with Gasteiger partial charge in [-0.2, -0.15) is 0 Å². The summed E-state index contributed by atoms with van der Waals surface area (Å²) in [5.41, 5.74) is 4.86. The van der Waals surface area contributed by atoms with Crippen LogP contribution < -0.4 is 10.5 Å². The maximum absolute atomic E-state index is 11.8. The molecule has 1 fully saturated rings. The first-order valence-corrected chi connectivity index (χ1v) is 6.71. The van der Waals surface area contributed by atoms with Gasteiger partial charge in [0.2, 0.25) is 10.0 Å². The van der Waals surface area contributed by atoms with Gasteiger partial charge in [0.1, 0.15) is 0 Å². The summed E-state index contributed by atoms with van der Waals surface area (Å²) in [6, 6.07) is 0. The van der Waals surface area contributed by atoms with E-state index in [4.69, 9.17) is 10.5 Å². The van der Waals surface area contributed by atoms with Crippen molar-refractivity contribution in [2.45, 2.75) is 44.1 Å². The summed E-state index contributed by atoms with van der Waals surface area (Å²) in [5, 5.41) is -0.567. The summed E-state index contributed by atoms with van der Waals surface area (Å²) >= 11 is 0. The molecule has 0 amide bonds. The topological polar surface area (TPSA) is 81.4 Å². The Morgan fingerprint density at radius 3 is 2.67 bits per heavy atom. The van der Waals surface area contributed by atoms with Gasteiger partial charge in [-0.3, -0.25) is 0 Å². The summed E-state index contributed by atoms with van der Waals surface area (Å²) in [5.74, 6) is 0. The van der Waals surface area contributed by atoms with Gasteiger partial charge >= 0.3 is 0 Å². The fourth-order valence-electron chi connectivity index (χ4n) is 1.52. The first-order chi connectivity index (χ1) is 6.82. The fraction of sp³-hybridized carbons (Fsp3) is 1.00. The molecule has 1 heterocycles. The molecule has 0 aliphatic carbocycles. The average Bonchev–Trinajstić information content (AvgIpc) is 2.44. The molecule has 5 nitrogen and oxygen atoms in total. The first-order valence-electron chi connectivity index (χ1n) is 5.16. The summed E-state index contributed by atoms with van der Waals surface area (Å²) < 4.78 is 31.7. The highest BCUT2D eigenvalue weighted by Crippen LogP contribution is 2.26. The van der Waals surface area contributed by atoms with Crippen molar-refractivity contribution >= 4 is 10.0 Å². The van der Waals surface area contributed by atoms with Crippen LogP contribution in [0.2, 0.25) is 0 Å². The molecule has 3 unspecified atom stereocenters. The molecule has 0 aromatic heterocycles. The van der Waals surface area contributed by atoms with Gasteiger partial charge in [0.05, 0.1) is 16.9 Å². The minimum Gasteiger partial charge on any atom is -0.376 e. The van der Waals surface area contributed by atoms with Crippen LogP contribution in [-0.2, 0) is 14.8 Å². The van der Waals surface area contributed by atoms with Gasteiger partial charge in [0.15, 0.2) is 0 Å². The molecular weight excluding hydrogens is 216 g/mol. The first kappa shape index (κ1) is 12.9. The Balaban J connectivity index is 2.77. The van der Waals surface area contributed by atoms with E-state index in [-0.39, 0.29) is 12.6 Å². The van der Waals surface area contributed by atoms with Crippen LogP contribution in [0.25, 0.3) is 0 Å². The van der Waals surface area contributed by atoms with Crippen LogP contribution in [0.3, 0.4) is 0 Å². The molecule has 0 aromatic rings. The van der Waals surface area contributed by atoms with Gasteiger partial charge < -0.3 is 10.5 Å². The smallest absolute Gasteiger partial charge is 0.216 e. The number of nitrogens with one attached hydrogen (secondary N) is 1. The second-order valence-electron chi connectivity index (χ2n) is 4.37. The average molecular weight is 236 g/mol. The van der Waals surface area contributed by atoms with Crippen molar-refractivity contribution in [3.8, 4) is 0 Å². The molecule has 1 saturated heterocycles. The van der Waals surface area contributed by atoms with Crippen molar-refractivity contribution in [3.63, 3.8) is 0 Å². The molecule has 1 aliphatic rings. The molecule has 1 aliphatic heterocycles. The third-order valence-corrected chi connectivity index (χ3v) is 5.13. The molecule has 0 saturated carbocycles. The van der Waals surface area contributed by atoms with Crippen LogP contribution in [0.15, 0.2) is 0 Å². The predicted molar refractivity (Wildman–Crippen MR) is 59.0 cm³/mol. The van der Waals surface area contributed by atoms with Gasteiger partial charge in [-0.05, 0) is 27.2 Å². The molecule has 3 atom stereocenters. The van der Waals surface area contributed by atoms with Crippen LogP contribution in [0.4, 0.5) is 0 Å². The SMILES string of the molecule is CC1OCCC1(C)NS(=O)(=O)C(C)CN. The van der Waals surface area contributed by atoms with E-state index in [0.29, 0.717) is 13.0 Å². The lowest BCUT2D eigenvalue weighted by Gasteiger charge is -2.29. The Kier molecular flexibility index (Phi) is 3.76. The number of nitrogens with two attached hydrogens (primary N) is 1. The van der Waals surface area contributed by atoms with Crippen molar-refractivity contribution in [1.29, 1.82) is 0 Å². The minimum atomic E-state index is -3.34. The third kappa shape index (κ3) is 2.69. The third-order valence-electron chi connectivity index (χ3n) is 3.12. The van der Waals surface area contributed by atoms with Crippen molar-refractivity contribution in [2.75, 3.05) is 13.2 Å². The lowest BCUT2D eigenvalue weighted by Crippen LogP contribution is -2.53. The fourth-order valence-corrected chi connectivity index (χ4v) is 2.89. The molecule has 0 radical (unpaired) electrons. The molecule has 3 N–H and O–H groups in total. The van der Waals surface area contributed by atoms with Gasteiger partial charge in [0, 0.05) is 13.2 Å². The zero-order valence-corrected chi connectivity index (χ0v) is 10.3. The van der Waals surface area contributed by atoms with Gasteiger partial charge in [0.25, 0.3) is 0 Å². The molecular formula is C9H20N2O3S. The summed E-state index contributed by atoms with van der Waals surface area (Å²) in [6.45, 7) is 6.07. The summed E-state index contributed by atoms with van der Waals surface area (Å²) in [7, 11) is -3.34. The highest BCUT2D eigenvalue weighted by molar-refractivity contribution is 7.90. The van der Waals surface area contributed by atoms with Crippen LogP contribution in [-0.4, -0.2) is 38.5 Å². The van der Waals surface area contributed by atoms with Crippen LogP contribution in [0.5, 0.6) is 0 Å². The van der Waals surface area contributed by atoms with Crippen LogP contribution in [0, 0.1) is 0 Å². The van der Waals surface area contributed by atoms with Crippen molar-refractivity contribution in [2.24, 2.45) is 5.73 Å². The number of hydrogen-bond donors (Lipinski definition) is 2. The molecule has 0 spiro atoms. The van der Waals surface area contributed by atoms with E-state index in [0.717, 1.165) is 0 Å². The largest absolute Gasteiger partial charge is 0.376 e. The van der Waals surface area contributed by atoms with Crippen LogP contribution >= 0.6 is 0 Å². The minimum absolute atomic E-state index is 0.0998. The highest BCUT2D eigenvalue weighted by Gasteiger charge is 2.41. The Morgan fingerprint density at radius 2 is 2.27 bits per heavy atom. The lowest BCUT2D eigenvalue weighted by atomic mass is 9.97. The Bertz CT molecular complexity index is 317. The van der Waals surface area contributed by atoms with E-state index >= 15 is 0 Å². The number of hydrogen-bond acceptors (Lipinski definition) is 4. The van der Waals surface area contributed by atoms with Crippen molar-refractivity contribution in [3.05, 3.63) is 0 Å². The van der Waals surface area contributed by atoms with E-state index in [1.54, 1.807) is 6.92 Å². The molecule has 1 rings (SSSR count). The van der Waals surface area contributed by atoms with Crippen molar-refractivity contribution in [1.82, 2.24) is 4.72 Å². The van der Waals surface area contributed by atoms with Crippen LogP contribution in [0.1, 0.15) is 27.2 Å². The van der Waals surface area contributed by atoms with E-state index in [9.17, 15) is 8.42 Å². The van der Waals surface area contributed by atoms with Gasteiger partial charge in [-0.1, -0.05) is 0 Å². The summed E-state index contributed by atoms with van der Waals surface area (Å²) in [6.07, 6.45) is 0.599. The zero-order chi connectivity index (χ0) is 11.7. The van der Waals surface area contributed by atoms with E-state index < -0.39 is 20.8 Å². The molecule has 0 aromatic carbocycles. The van der Waals surface area contributed by atoms with Crippen molar-refractivity contribution < 1.29 is 13.2 Å². The molecule has 15 heavy (non-hydrogen) atoms. The van der Waals surface area contributed by atoms with E-state index in [2.05, 4.69) is 4.72 Å². The standard InChI is InChI=1S/C9H20N2O3S/c1-7(6-10)15(12,13)11-9(3)4-5-14-8(9)2/h7-8,11H,4-6,10H2,1-3H3. The second-order valence-corrected chi connectivity index (χ2v) is 6.47. The van der Waals surface area contributed by atoms with Gasteiger partial charge in [-0.25, -0.2) is 13.1 Å². The molecule has 0 bridgehead atoms.